The number of hydrogen-bond donors (Lipinski definition) is 0. The Bertz CT molecular complexity index is 2580. The molecule has 2 aromatic heterocycles. The van der Waals surface area contributed by atoms with E-state index in [9.17, 15) is 0 Å². The van der Waals surface area contributed by atoms with Crippen LogP contribution in [0.2, 0.25) is 65.9 Å². The number of para-hydroxylation sites is 2. The van der Waals surface area contributed by atoms with Crippen LogP contribution < -0.4 is 0 Å². The van der Waals surface area contributed by atoms with Gasteiger partial charge in [0.15, 0.2) is 0 Å². The van der Waals surface area contributed by atoms with Gasteiger partial charge in [0.2, 0.25) is 0 Å². The van der Waals surface area contributed by atoms with Crippen molar-refractivity contribution < 1.29 is 6.51 Å². The molecule has 12 heterocycles. The van der Waals surface area contributed by atoms with Gasteiger partial charge in [-0.25, -0.2) is 0 Å². The molecule has 47 heavy (non-hydrogen) atoms. The molecule has 6 heteroatoms. The van der Waals surface area contributed by atoms with E-state index in [0.29, 0.717) is 18.9 Å². The first-order chi connectivity index (χ1) is 21.8. The van der Waals surface area contributed by atoms with Crippen LogP contribution >= 0.6 is 17.2 Å². The van der Waals surface area contributed by atoms with Crippen molar-refractivity contribution in [3.63, 3.8) is 0 Å². The SMILES string of the molecule is CC(C)(C)P(C[C]12[CH]3[C]4([Si](C)(C)C)[CH]5[C]1(C(P)(c1ccc6ccccc6n1)c1ccc6ccccc6n1)[Fe]35241678[CH]2[CH]1[CH]6[CH]7[CH]28)C(C)(C)C. The Labute approximate surface area is 275 Å². The number of fused-ring (bicyclic) bond motifs is 12. The van der Waals surface area contributed by atoms with E-state index in [0.717, 1.165) is 19.8 Å². The second-order valence-corrected chi connectivity index (χ2v) is 56.3. The summed E-state index contributed by atoms with van der Waals surface area (Å²) in [6.07, 6.45) is 1.56. The molecule has 0 radical (unpaired) electrons. The zero-order valence-electron chi connectivity index (χ0n) is 29.4. The van der Waals surface area contributed by atoms with Crippen molar-refractivity contribution in [2.75, 3.05) is 6.16 Å². The van der Waals surface area contributed by atoms with Crippen LogP contribution in [0, 0.1) is 0 Å². The van der Waals surface area contributed by atoms with Crippen molar-refractivity contribution >= 4 is 47.0 Å². The van der Waals surface area contributed by atoms with E-state index in [1.165, 1.54) is 51.1 Å². The molecular weight excluding hydrogens is 666 g/mol. The fourth-order valence-electron chi connectivity index (χ4n) is 25.8. The summed E-state index contributed by atoms with van der Waals surface area (Å²) in [4.78, 5) is 19.7. The molecule has 6 unspecified atom stereocenters. The Morgan fingerprint density at radius 1 is 0.681 bits per heavy atom. The third-order valence-corrected chi connectivity index (χ3v) is 81.8. The van der Waals surface area contributed by atoms with E-state index in [2.05, 4.69) is 143 Å². The van der Waals surface area contributed by atoms with E-state index >= 15 is 0 Å². The molecule has 0 N–H and O–H groups in total. The maximum atomic E-state index is 5.76. The third-order valence-electron chi connectivity index (χ3n) is 23.0. The molecule has 0 saturated carbocycles. The first-order valence-electron chi connectivity index (χ1n) is 18.3. The summed E-state index contributed by atoms with van der Waals surface area (Å²) in [5.74, 6) is 0. The minimum absolute atomic E-state index is 0.180. The van der Waals surface area contributed by atoms with Gasteiger partial charge in [0.25, 0.3) is 0 Å². The van der Waals surface area contributed by atoms with Gasteiger partial charge in [-0.1, -0.05) is 0 Å². The first-order valence-corrected chi connectivity index (χ1v) is 30.0. The van der Waals surface area contributed by atoms with Gasteiger partial charge in [-0.3, -0.25) is 0 Å². The molecule has 10 aliphatic rings. The van der Waals surface area contributed by atoms with E-state index in [4.69, 9.17) is 9.97 Å². The van der Waals surface area contributed by atoms with Crippen LogP contribution in [0.25, 0.3) is 21.8 Å². The number of aromatic nitrogens is 2. The minimum atomic E-state index is -4.32. The van der Waals surface area contributed by atoms with Crippen LogP contribution in [0.5, 0.6) is 0 Å². The Morgan fingerprint density at radius 3 is 1.53 bits per heavy atom. The fraction of sp³-hybridized carbons (Fsp3) is 0.561. The molecule has 6 atom stereocenters. The van der Waals surface area contributed by atoms with Crippen LogP contribution in [-0.4, -0.2) is 34.5 Å². The third kappa shape index (κ3) is 0.776. The zero-order valence-corrected chi connectivity index (χ0v) is 33.6. The Hall–Kier alpha value is -1.14. The summed E-state index contributed by atoms with van der Waals surface area (Å²) >= 11 is 0. The molecule has 0 aliphatic carbocycles. The van der Waals surface area contributed by atoms with Gasteiger partial charge < -0.3 is 0 Å². The number of nitrogens with zero attached hydrogens (tertiary/aromatic N) is 2. The van der Waals surface area contributed by atoms with Crippen molar-refractivity contribution in [2.45, 2.75) is 123 Å². The zero-order chi connectivity index (χ0) is 32.5. The van der Waals surface area contributed by atoms with E-state index < -0.39 is 14.6 Å². The summed E-state index contributed by atoms with van der Waals surface area (Å²) in [6, 6.07) is 27.5. The molecular formula is C41H50FeN2P2Si. The molecule has 0 bridgehead atoms. The van der Waals surface area contributed by atoms with Crippen molar-refractivity contribution in [2.24, 2.45) is 0 Å². The van der Waals surface area contributed by atoms with Crippen LogP contribution in [0.3, 0.4) is 0 Å². The summed E-state index contributed by atoms with van der Waals surface area (Å²) in [5.41, 5.74) is 4.98. The summed E-state index contributed by atoms with van der Waals surface area (Å²) in [5, 5.41) is 3.02. The number of pyridine rings is 2. The van der Waals surface area contributed by atoms with Gasteiger partial charge in [-0.2, -0.15) is 0 Å². The average Bonchev–Trinajstić information content (AvgIpc) is 3.96. The first kappa shape index (κ1) is 26.6. The van der Waals surface area contributed by atoms with Gasteiger partial charge in [-0.05, 0) is 0 Å². The van der Waals surface area contributed by atoms with Gasteiger partial charge in [-0.15, -0.1) is 0 Å². The molecule has 2 nitrogen and oxygen atoms in total. The Morgan fingerprint density at radius 2 is 1.13 bits per heavy atom. The summed E-state index contributed by atoms with van der Waals surface area (Å²) < 4.78 is 1.92. The molecule has 0 amide bonds. The molecule has 246 valence electrons. The normalized spacial score (nSPS) is 55.6. The second-order valence-electron chi connectivity index (χ2n) is 22.8. The van der Waals surface area contributed by atoms with Crippen molar-refractivity contribution in [3.8, 4) is 0 Å². The second kappa shape index (κ2) is 4.23. The predicted octanol–water partition coefficient (Wildman–Crippen LogP) is 12.4. The number of benzene rings is 2. The maximum absolute atomic E-state index is 5.76. The number of hydrogen-bond acceptors (Lipinski definition) is 2. The van der Waals surface area contributed by atoms with Gasteiger partial charge in [0, 0.05) is 0 Å². The molecule has 2 aromatic carbocycles. The quantitative estimate of drug-likeness (QED) is 0.147. The fourth-order valence-corrected chi connectivity index (χ4v) is 142. The van der Waals surface area contributed by atoms with E-state index in [-0.39, 0.29) is 13.1 Å². The molecule has 10 saturated heterocycles. The van der Waals surface area contributed by atoms with E-state index in [1.807, 2.05) is 0 Å². The van der Waals surface area contributed by atoms with Gasteiger partial charge in [0.05, 0.1) is 0 Å². The Kier molecular flexibility index (Phi) is 2.40. The predicted molar refractivity (Wildman–Crippen MR) is 203 cm³/mol. The van der Waals surface area contributed by atoms with E-state index in [1.54, 1.807) is 6.16 Å². The molecule has 14 rings (SSSR count). The standard InChI is InChI=1S/C36H45N2P2Si.C5H5.Fe/c1-34(2,3)40(35(4,5)6)24-27-22-28(41(7,8)9)23-29(27)36(39,32-20-18-25-14-10-12-16-30(25)37-32)33-21-19-26-15-11-13-17-31(26)38-33;1-2-4-5-3-1;/h10-23H,24,39H2,1-9H3;1-5H;. The van der Waals surface area contributed by atoms with Crippen molar-refractivity contribution in [1.29, 1.82) is 0 Å². The van der Waals surface area contributed by atoms with Crippen molar-refractivity contribution in [1.82, 2.24) is 9.97 Å². The van der Waals surface area contributed by atoms with Crippen molar-refractivity contribution in [3.05, 3.63) is 84.2 Å². The monoisotopic (exact) mass is 716 g/mol. The molecule has 4 aromatic rings. The molecule has 1 spiro atoms. The average molecular weight is 717 g/mol. The van der Waals surface area contributed by atoms with Gasteiger partial charge in [0.1, 0.15) is 0 Å². The van der Waals surface area contributed by atoms with Crippen LogP contribution in [0.4, 0.5) is 0 Å². The molecule has 10 fully saturated rings. The topological polar surface area (TPSA) is 25.8 Å². The van der Waals surface area contributed by atoms with Crippen LogP contribution in [-0.2, 0) is 11.7 Å². The number of rotatable bonds is 6. The Balaban J connectivity index is 1.14. The van der Waals surface area contributed by atoms with Crippen LogP contribution in [0.15, 0.2) is 72.8 Å². The molecule has 10 aliphatic heterocycles. The summed E-state index contributed by atoms with van der Waals surface area (Å²) in [6.45, 7) is 19.9. The van der Waals surface area contributed by atoms with Crippen LogP contribution in [0.1, 0.15) is 52.9 Å². The van der Waals surface area contributed by atoms with Gasteiger partial charge >= 0.3 is 277 Å². The summed E-state index contributed by atoms with van der Waals surface area (Å²) in [7, 11) is 2.13.